The van der Waals surface area contributed by atoms with Gasteiger partial charge in [-0.25, -0.2) is 0 Å². The number of fused-ring (bicyclic) bond motifs is 15. The molecule has 0 radical (unpaired) electrons. The van der Waals surface area contributed by atoms with E-state index in [9.17, 15) is 0 Å². The molecule has 2 aliphatic rings. The van der Waals surface area contributed by atoms with Crippen LogP contribution in [-0.2, 0) is 10.8 Å². The first-order chi connectivity index (χ1) is 43.1. The summed E-state index contributed by atoms with van der Waals surface area (Å²) in [6, 6.07) is 107. The van der Waals surface area contributed by atoms with E-state index in [2.05, 4.69) is 316 Å². The maximum atomic E-state index is 6.26. The van der Waals surface area contributed by atoms with E-state index in [0.29, 0.717) is 0 Å². The van der Waals surface area contributed by atoms with E-state index < -0.39 is 19.8 Å². The van der Waals surface area contributed by atoms with E-state index in [1.807, 2.05) is 6.07 Å². The van der Waals surface area contributed by atoms with Gasteiger partial charge in [0, 0.05) is 5.69 Å². The van der Waals surface area contributed by atoms with Gasteiger partial charge in [-0.2, -0.15) is 0 Å². The van der Waals surface area contributed by atoms with Crippen molar-refractivity contribution in [2.45, 2.75) is 38.5 Å². The number of rotatable bonds is 8. The van der Waals surface area contributed by atoms with Crippen LogP contribution in [0.1, 0.15) is 49.9 Å². The zero-order valence-corrected chi connectivity index (χ0v) is 51.5. The van der Waals surface area contributed by atoms with E-state index in [0.717, 1.165) is 21.9 Å². The van der Waals surface area contributed by atoms with Gasteiger partial charge in [-0.1, -0.05) is 66.7 Å². The molecule has 418 valence electrons. The summed E-state index contributed by atoms with van der Waals surface area (Å²) in [4.78, 5) is 0. The van der Waals surface area contributed by atoms with Crippen LogP contribution in [0.4, 0.5) is 0 Å². The third kappa shape index (κ3) is 7.67. The molecule has 0 amide bonds. The summed E-state index contributed by atoms with van der Waals surface area (Å²) in [5.41, 5.74) is 26.8. The van der Waals surface area contributed by atoms with E-state index in [4.69, 9.17) is 4.42 Å². The molecular weight excluding hydrogens is 1180 g/mol. The first-order valence-electron chi connectivity index (χ1n) is 30.6. The molecule has 0 spiro atoms. The van der Waals surface area contributed by atoms with Crippen LogP contribution in [-0.4, -0.2) is 9.13 Å². The van der Waals surface area contributed by atoms with E-state index >= 15 is 0 Å². The molecule has 0 atom stereocenters. The maximum absolute atomic E-state index is 6.26. The van der Waals surface area contributed by atoms with Crippen LogP contribution >= 0.6 is 19.8 Å². The minimum absolute atomic E-state index is 0.229. The Hall–Kier alpha value is -10.0. The molecule has 16 aromatic rings. The predicted octanol–water partition coefficient (Wildman–Crippen LogP) is 22.8. The average Bonchev–Trinajstić information content (AvgIpc) is 1.83. The van der Waals surface area contributed by atoms with Crippen molar-refractivity contribution in [1.82, 2.24) is 9.13 Å². The molecule has 2 aliphatic carbocycles. The fraction of sp³-hybridized carbons (Fsp3) is 0.0714. The van der Waals surface area contributed by atoms with Crippen molar-refractivity contribution >= 4 is 85.4 Å². The van der Waals surface area contributed by atoms with Crippen molar-refractivity contribution in [2.75, 3.05) is 0 Å². The normalized spacial score (nSPS) is 13.8. The standard InChI is InChI=1S/C84H59IN2O/c1-83(2)73-47-55(54-32-43-79-71(45-54)68-22-12-15-25-78(68)86(79)61-17-7-5-8-18-61)29-38-63(73)65-41-36-59(50-75(65)83)85(58-34-27-52(28-35-58)53-33-44-82-72(46-53)70-23-13-16-26-81(70)88-82)60-37-42-66-64-39-30-56(48-74(64)84(3,4)76(66)51-60)57-31-40-69-67-21-11-14-24-77(67)87(80(69)49-57)62-19-9-6-10-20-62/h5-51H,1-4H3. The molecule has 0 N–H and O–H groups in total. The molecule has 13 aromatic carbocycles. The van der Waals surface area contributed by atoms with Crippen molar-refractivity contribution in [1.29, 1.82) is 0 Å². The quantitative estimate of drug-likeness (QED) is 0.139. The summed E-state index contributed by atoms with van der Waals surface area (Å²) in [5, 5.41) is 7.36. The first kappa shape index (κ1) is 51.2. The molecule has 3 nitrogen and oxygen atoms in total. The summed E-state index contributed by atoms with van der Waals surface area (Å²) in [6.07, 6.45) is 0. The Morgan fingerprint density at radius 2 is 0.648 bits per heavy atom. The number of aromatic nitrogens is 2. The second kappa shape index (κ2) is 19.2. The molecule has 0 bridgehead atoms. The number of hydrogen-bond acceptors (Lipinski definition) is 1. The third-order valence-corrected chi connectivity index (χ3v) is 25.3. The molecule has 0 saturated carbocycles. The summed E-state index contributed by atoms with van der Waals surface area (Å²) in [5.74, 6) is 0. The molecule has 3 aromatic heterocycles. The Bertz CT molecular complexity index is 5560. The molecule has 88 heavy (non-hydrogen) atoms. The van der Waals surface area contributed by atoms with Gasteiger partial charge in [0.05, 0.1) is 0 Å². The van der Waals surface area contributed by atoms with Crippen molar-refractivity contribution < 1.29 is 4.42 Å². The summed E-state index contributed by atoms with van der Waals surface area (Å²) in [7, 11) is 0. The van der Waals surface area contributed by atoms with Crippen LogP contribution in [0.5, 0.6) is 0 Å². The Balaban J connectivity index is 0.730. The SMILES string of the molecule is CC1(C)c2cc(-c3ccc4c(c3)c3ccccc3n4-c3ccccc3)ccc2-c2ccc(I(c3ccc(-c4ccc5oc6ccccc6c5c4)cc3)c3ccc4c(c3)C(C)(C)c3cc(-c5ccc6c7ccccc7n(-c7ccccc7)c6c5)ccc3-4)cc21. The number of hydrogen-bond donors (Lipinski definition) is 0. The van der Waals surface area contributed by atoms with E-state index in [-0.39, 0.29) is 10.8 Å². The second-order valence-corrected chi connectivity index (χ2v) is 30.4. The van der Waals surface area contributed by atoms with Gasteiger partial charge in [-0.15, -0.1) is 0 Å². The van der Waals surface area contributed by atoms with Crippen LogP contribution in [0.3, 0.4) is 0 Å². The molecule has 0 saturated heterocycles. The fourth-order valence-corrected chi connectivity index (χ4v) is 20.6. The van der Waals surface area contributed by atoms with Gasteiger partial charge >= 0.3 is 414 Å². The molecule has 0 unspecified atom stereocenters. The van der Waals surface area contributed by atoms with Gasteiger partial charge in [-0.3, -0.25) is 0 Å². The Morgan fingerprint density at radius 1 is 0.261 bits per heavy atom. The van der Waals surface area contributed by atoms with Crippen molar-refractivity contribution in [3.05, 3.63) is 318 Å². The second-order valence-electron chi connectivity index (χ2n) is 25.1. The Morgan fingerprint density at radius 3 is 1.26 bits per heavy atom. The predicted molar refractivity (Wildman–Crippen MR) is 377 cm³/mol. The number of furan rings is 1. The minimum atomic E-state index is -2.41. The number of halogens is 1. The number of nitrogens with zero attached hydrogens (tertiary/aromatic N) is 2. The molecule has 4 heteroatoms. The Kier molecular flexibility index (Phi) is 11.2. The molecule has 0 fully saturated rings. The zero-order chi connectivity index (χ0) is 58.6. The first-order valence-corrected chi connectivity index (χ1v) is 33.8. The molecular formula is C84H59IN2O. The van der Waals surface area contributed by atoms with Crippen LogP contribution in [0.25, 0.3) is 133 Å². The number of para-hydroxylation sites is 5. The van der Waals surface area contributed by atoms with Gasteiger partial charge in [0.1, 0.15) is 0 Å². The molecule has 18 rings (SSSR count). The van der Waals surface area contributed by atoms with Gasteiger partial charge in [-0.05, 0) is 36.4 Å². The van der Waals surface area contributed by atoms with Crippen LogP contribution in [0, 0.1) is 10.7 Å². The van der Waals surface area contributed by atoms with Crippen molar-refractivity contribution in [3.8, 4) is 67.0 Å². The van der Waals surface area contributed by atoms with Gasteiger partial charge < -0.3 is 0 Å². The van der Waals surface area contributed by atoms with E-state index in [1.165, 1.54) is 144 Å². The van der Waals surface area contributed by atoms with Gasteiger partial charge in [0.15, 0.2) is 0 Å². The van der Waals surface area contributed by atoms with Gasteiger partial charge in [0.25, 0.3) is 0 Å². The van der Waals surface area contributed by atoms with Crippen LogP contribution in [0.2, 0.25) is 0 Å². The van der Waals surface area contributed by atoms with Crippen LogP contribution < -0.4 is 0 Å². The summed E-state index contributed by atoms with van der Waals surface area (Å²) >= 11 is -2.41. The average molecular weight is 1240 g/mol. The third-order valence-electron chi connectivity index (χ3n) is 19.5. The number of benzene rings is 13. The van der Waals surface area contributed by atoms with Crippen LogP contribution in [0.15, 0.2) is 290 Å². The summed E-state index contributed by atoms with van der Waals surface area (Å²) in [6.45, 7) is 9.78. The topological polar surface area (TPSA) is 23.0 Å². The monoisotopic (exact) mass is 1240 g/mol. The van der Waals surface area contributed by atoms with Crippen molar-refractivity contribution in [3.63, 3.8) is 0 Å². The zero-order valence-electron chi connectivity index (χ0n) is 49.3. The molecule has 3 heterocycles. The molecule has 0 aliphatic heterocycles. The summed E-state index contributed by atoms with van der Waals surface area (Å²) < 4.78 is 15.4. The fourth-order valence-electron chi connectivity index (χ4n) is 15.1. The Labute approximate surface area is 518 Å². The van der Waals surface area contributed by atoms with Gasteiger partial charge in [0.2, 0.25) is 0 Å². The van der Waals surface area contributed by atoms with Crippen molar-refractivity contribution in [2.24, 2.45) is 0 Å². The van der Waals surface area contributed by atoms with E-state index in [1.54, 1.807) is 0 Å².